The van der Waals surface area contributed by atoms with Crippen molar-refractivity contribution in [1.29, 1.82) is 0 Å². The molecule has 0 bridgehead atoms. The van der Waals surface area contributed by atoms with Gasteiger partial charge in [-0.1, -0.05) is 30.0 Å². The summed E-state index contributed by atoms with van der Waals surface area (Å²) in [5.41, 5.74) is 6.04. The summed E-state index contributed by atoms with van der Waals surface area (Å²) in [6, 6.07) is 9.34. The number of primary amides is 1. The minimum absolute atomic E-state index is 0.338. The molecule has 0 saturated heterocycles. The molecule has 78 valence electrons. The maximum atomic E-state index is 10.7. The Kier molecular flexibility index (Phi) is 4.39. The van der Waals surface area contributed by atoms with Crippen molar-refractivity contribution in [1.82, 2.24) is 5.32 Å². The second-order valence-corrected chi connectivity index (χ2v) is 3.17. The largest absolute Gasteiger partial charge is 0.368 e. The molecule has 0 aromatic heterocycles. The molecule has 1 aromatic rings. The number of carbonyl (C=O) groups is 1. The molecule has 3 heteroatoms. The van der Waals surface area contributed by atoms with Crippen LogP contribution in [0.2, 0.25) is 0 Å². The van der Waals surface area contributed by atoms with Gasteiger partial charge >= 0.3 is 0 Å². The number of hydrogen-bond acceptors (Lipinski definition) is 2. The summed E-state index contributed by atoms with van der Waals surface area (Å²) < 4.78 is 0. The van der Waals surface area contributed by atoms with Gasteiger partial charge in [0.1, 0.15) is 0 Å². The Morgan fingerprint density at radius 3 is 2.73 bits per heavy atom. The highest BCUT2D eigenvalue weighted by Crippen LogP contribution is 1.94. The predicted molar refractivity (Wildman–Crippen MR) is 60.0 cm³/mol. The van der Waals surface area contributed by atoms with Gasteiger partial charge in [-0.25, -0.2) is 0 Å². The summed E-state index contributed by atoms with van der Waals surface area (Å²) in [7, 11) is 0. The van der Waals surface area contributed by atoms with Gasteiger partial charge in [0.15, 0.2) is 0 Å². The maximum absolute atomic E-state index is 10.7. The summed E-state index contributed by atoms with van der Waals surface area (Å²) in [5.74, 6) is 5.53. The molecular weight excluding hydrogens is 188 g/mol. The first-order chi connectivity index (χ1) is 7.20. The van der Waals surface area contributed by atoms with E-state index >= 15 is 0 Å². The molecule has 0 aliphatic heterocycles. The van der Waals surface area contributed by atoms with E-state index in [0.29, 0.717) is 6.54 Å². The average Bonchev–Trinajstić information content (AvgIpc) is 2.25. The Balaban J connectivity index is 2.38. The van der Waals surface area contributed by atoms with Gasteiger partial charge in [-0.05, 0) is 19.1 Å². The van der Waals surface area contributed by atoms with E-state index in [4.69, 9.17) is 5.73 Å². The molecule has 0 aliphatic rings. The second kappa shape index (κ2) is 5.84. The third kappa shape index (κ3) is 4.30. The van der Waals surface area contributed by atoms with Crippen molar-refractivity contribution in [3.63, 3.8) is 0 Å². The van der Waals surface area contributed by atoms with Gasteiger partial charge in [-0.2, -0.15) is 0 Å². The summed E-state index contributed by atoms with van der Waals surface area (Å²) in [4.78, 5) is 10.7. The van der Waals surface area contributed by atoms with Gasteiger partial charge in [0, 0.05) is 5.56 Å². The van der Waals surface area contributed by atoms with E-state index in [2.05, 4.69) is 17.2 Å². The molecule has 0 radical (unpaired) electrons. The van der Waals surface area contributed by atoms with E-state index < -0.39 is 0 Å². The van der Waals surface area contributed by atoms with E-state index in [1.54, 1.807) is 6.92 Å². The van der Waals surface area contributed by atoms with Gasteiger partial charge in [0.25, 0.3) is 0 Å². The molecule has 1 amide bonds. The first kappa shape index (κ1) is 11.3. The molecule has 3 nitrogen and oxygen atoms in total. The van der Waals surface area contributed by atoms with Crippen LogP contribution < -0.4 is 11.1 Å². The fourth-order valence-corrected chi connectivity index (χ4v) is 0.972. The maximum Gasteiger partial charge on any atom is 0.234 e. The highest BCUT2D eigenvalue weighted by Gasteiger charge is 2.04. The Morgan fingerprint density at radius 1 is 1.47 bits per heavy atom. The topological polar surface area (TPSA) is 55.1 Å². The molecule has 1 rings (SSSR count). The van der Waals surface area contributed by atoms with E-state index in [-0.39, 0.29) is 11.9 Å². The van der Waals surface area contributed by atoms with Crippen molar-refractivity contribution in [3.05, 3.63) is 35.9 Å². The van der Waals surface area contributed by atoms with Gasteiger partial charge in [-0.15, -0.1) is 0 Å². The highest BCUT2D eigenvalue weighted by atomic mass is 16.1. The average molecular weight is 202 g/mol. The van der Waals surface area contributed by atoms with E-state index in [0.717, 1.165) is 5.56 Å². The van der Waals surface area contributed by atoms with Crippen molar-refractivity contribution in [2.24, 2.45) is 5.73 Å². The molecule has 1 unspecified atom stereocenters. The Labute approximate surface area is 89.7 Å². The molecule has 1 aromatic carbocycles. The number of benzene rings is 1. The smallest absolute Gasteiger partial charge is 0.234 e. The lowest BCUT2D eigenvalue weighted by Crippen LogP contribution is -2.38. The molecule has 0 spiro atoms. The van der Waals surface area contributed by atoms with Crippen LogP contribution in [0, 0.1) is 11.8 Å². The quantitative estimate of drug-likeness (QED) is 0.701. The minimum Gasteiger partial charge on any atom is -0.368 e. The molecule has 0 heterocycles. The Morgan fingerprint density at radius 2 is 2.13 bits per heavy atom. The number of hydrogen-bond donors (Lipinski definition) is 2. The monoisotopic (exact) mass is 202 g/mol. The molecule has 3 N–H and O–H groups in total. The highest BCUT2D eigenvalue weighted by molar-refractivity contribution is 5.79. The minimum atomic E-state index is -0.364. The first-order valence-electron chi connectivity index (χ1n) is 4.77. The molecule has 0 saturated carbocycles. The number of amides is 1. The van der Waals surface area contributed by atoms with Crippen molar-refractivity contribution in [2.75, 3.05) is 6.54 Å². The zero-order valence-electron chi connectivity index (χ0n) is 8.66. The van der Waals surface area contributed by atoms with Crippen LogP contribution in [0.1, 0.15) is 12.5 Å². The predicted octanol–water partition coefficient (Wildman–Crippen LogP) is 0.502. The van der Waals surface area contributed by atoms with Gasteiger partial charge < -0.3 is 5.73 Å². The van der Waals surface area contributed by atoms with Crippen LogP contribution in [0.3, 0.4) is 0 Å². The normalized spacial score (nSPS) is 11.3. The molecular formula is C12H14N2O. The first-order valence-corrected chi connectivity index (χ1v) is 4.77. The zero-order chi connectivity index (χ0) is 11.1. The van der Waals surface area contributed by atoms with Crippen molar-refractivity contribution >= 4 is 5.91 Å². The fraction of sp³-hybridized carbons (Fsp3) is 0.250. The summed E-state index contributed by atoms with van der Waals surface area (Å²) >= 11 is 0. The lowest BCUT2D eigenvalue weighted by molar-refractivity contribution is -0.119. The lowest BCUT2D eigenvalue weighted by atomic mass is 10.2. The molecule has 15 heavy (non-hydrogen) atoms. The summed E-state index contributed by atoms with van der Waals surface area (Å²) in [5, 5.41) is 2.90. The van der Waals surface area contributed by atoms with Crippen LogP contribution >= 0.6 is 0 Å². The van der Waals surface area contributed by atoms with Gasteiger partial charge in [-0.3, -0.25) is 10.1 Å². The lowest BCUT2D eigenvalue weighted by Gasteiger charge is -2.05. The third-order valence-electron chi connectivity index (χ3n) is 1.93. The molecule has 1 atom stereocenters. The number of rotatable bonds is 3. The summed E-state index contributed by atoms with van der Waals surface area (Å²) in [6.07, 6.45) is 0. The number of nitrogens with one attached hydrogen (secondary N) is 1. The number of carbonyl (C=O) groups excluding carboxylic acids is 1. The third-order valence-corrected chi connectivity index (χ3v) is 1.93. The summed E-state index contributed by atoms with van der Waals surface area (Å²) in [6.45, 7) is 2.17. The van der Waals surface area contributed by atoms with Crippen LogP contribution in [0.4, 0.5) is 0 Å². The van der Waals surface area contributed by atoms with Crippen molar-refractivity contribution in [2.45, 2.75) is 13.0 Å². The van der Waals surface area contributed by atoms with Crippen LogP contribution in [-0.2, 0) is 4.79 Å². The van der Waals surface area contributed by atoms with E-state index in [1.165, 1.54) is 0 Å². The Bertz CT molecular complexity index is 376. The van der Waals surface area contributed by atoms with Crippen LogP contribution in [0.25, 0.3) is 0 Å². The van der Waals surface area contributed by atoms with Gasteiger partial charge in [0.05, 0.1) is 12.6 Å². The fourth-order valence-electron chi connectivity index (χ4n) is 0.972. The van der Waals surface area contributed by atoms with E-state index in [1.807, 2.05) is 30.3 Å². The van der Waals surface area contributed by atoms with Gasteiger partial charge in [0.2, 0.25) is 5.91 Å². The van der Waals surface area contributed by atoms with Crippen molar-refractivity contribution < 1.29 is 4.79 Å². The van der Waals surface area contributed by atoms with Crippen LogP contribution in [-0.4, -0.2) is 18.5 Å². The van der Waals surface area contributed by atoms with E-state index in [9.17, 15) is 4.79 Å². The molecule has 0 fully saturated rings. The SMILES string of the molecule is CC(NCC#Cc1ccccc1)C(N)=O. The second-order valence-electron chi connectivity index (χ2n) is 3.17. The van der Waals surface area contributed by atoms with Crippen LogP contribution in [0.15, 0.2) is 30.3 Å². The number of nitrogens with two attached hydrogens (primary N) is 1. The van der Waals surface area contributed by atoms with Crippen LogP contribution in [0.5, 0.6) is 0 Å². The van der Waals surface area contributed by atoms with Crippen molar-refractivity contribution in [3.8, 4) is 11.8 Å². The standard InChI is InChI=1S/C12H14N2O/c1-10(12(13)15)14-9-5-8-11-6-3-2-4-7-11/h2-4,6-7,10,14H,9H2,1H3,(H2,13,15). The Hall–Kier alpha value is -1.79. The zero-order valence-corrected chi connectivity index (χ0v) is 8.66. The molecule has 0 aliphatic carbocycles.